The maximum atomic E-state index is 13.2. The molecule has 12 heteroatoms. The van der Waals surface area contributed by atoms with Gasteiger partial charge in [0.1, 0.15) is 5.82 Å². The molecule has 4 heterocycles. The molecule has 0 spiro atoms. The zero-order valence-corrected chi connectivity index (χ0v) is 21.0. The van der Waals surface area contributed by atoms with E-state index in [0.29, 0.717) is 44.0 Å². The van der Waals surface area contributed by atoms with Crippen molar-refractivity contribution < 1.29 is 31.1 Å². The van der Waals surface area contributed by atoms with Crippen molar-refractivity contribution in [3.8, 4) is 0 Å². The lowest BCUT2D eigenvalue weighted by molar-refractivity contribution is -0.138. The van der Waals surface area contributed by atoms with Crippen LogP contribution in [0.15, 0.2) is 42.6 Å². The second-order valence-corrected chi connectivity index (χ2v) is 10.3. The van der Waals surface area contributed by atoms with E-state index in [-0.39, 0.29) is 29.6 Å². The van der Waals surface area contributed by atoms with Crippen LogP contribution in [0.4, 0.5) is 32.2 Å². The second kappa shape index (κ2) is 10.1. The quantitative estimate of drug-likeness (QED) is 0.449. The summed E-state index contributed by atoms with van der Waals surface area (Å²) < 4.78 is 78.3. The molecule has 5 nitrogen and oxygen atoms in total. The molecule has 1 amide bonds. The van der Waals surface area contributed by atoms with Gasteiger partial charge in [-0.2, -0.15) is 26.3 Å². The molecule has 2 unspecified atom stereocenters. The van der Waals surface area contributed by atoms with Gasteiger partial charge in [0.05, 0.1) is 22.7 Å². The van der Waals surface area contributed by atoms with Gasteiger partial charge in [0.25, 0.3) is 0 Å². The number of halogens is 7. The number of aromatic nitrogens is 1. The molecule has 2 atom stereocenters. The number of piperazine rings is 1. The first-order valence-electron chi connectivity index (χ1n) is 12.3. The number of alkyl halides is 6. The first-order chi connectivity index (χ1) is 17.9. The molecule has 38 heavy (non-hydrogen) atoms. The van der Waals surface area contributed by atoms with Crippen molar-refractivity contribution in [1.82, 2.24) is 14.8 Å². The third kappa shape index (κ3) is 5.49. The van der Waals surface area contributed by atoms with Gasteiger partial charge in [-0.15, -0.1) is 0 Å². The third-order valence-electron chi connectivity index (χ3n) is 7.47. The summed E-state index contributed by atoms with van der Waals surface area (Å²) in [5.41, 5.74) is -0.405. The van der Waals surface area contributed by atoms with Gasteiger partial charge in [-0.05, 0) is 54.7 Å². The molecule has 1 aromatic carbocycles. The van der Waals surface area contributed by atoms with Gasteiger partial charge in [-0.1, -0.05) is 23.7 Å². The minimum atomic E-state index is -4.53. The van der Waals surface area contributed by atoms with E-state index in [4.69, 9.17) is 11.6 Å². The molecule has 2 saturated heterocycles. The zero-order chi connectivity index (χ0) is 27.2. The lowest BCUT2D eigenvalue weighted by atomic mass is 9.97. The van der Waals surface area contributed by atoms with Crippen LogP contribution in [0, 0.1) is 0 Å². The highest BCUT2D eigenvalue weighted by molar-refractivity contribution is 6.31. The minimum Gasteiger partial charge on any atom is -0.347 e. The van der Waals surface area contributed by atoms with E-state index >= 15 is 0 Å². The lowest BCUT2D eigenvalue weighted by Gasteiger charge is -2.42. The van der Waals surface area contributed by atoms with Crippen molar-refractivity contribution in [3.05, 3.63) is 64.3 Å². The Morgan fingerprint density at radius 2 is 1.71 bits per heavy atom. The van der Waals surface area contributed by atoms with Gasteiger partial charge in [0.15, 0.2) is 0 Å². The van der Waals surface area contributed by atoms with Crippen LogP contribution in [0.5, 0.6) is 0 Å². The maximum Gasteiger partial charge on any atom is 0.417 e. The Morgan fingerprint density at radius 1 is 1.00 bits per heavy atom. The van der Waals surface area contributed by atoms with Crippen molar-refractivity contribution >= 4 is 28.9 Å². The van der Waals surface area contributed by atoms with Crippen molar-refractivity contribution in [2.45, 2.75) is 43.7 Å². The minimum absolute atomic E-state index is 0.0116. The second-order valence-electron chi connectivity index (χ2n) is 9.90. The topological polar surface area (TPSA) is 39.7 Å². The standard InChI is InChI=1S/C26H25ClF6N4O/c27-22-5-1-17(11-21(22)26(31,32)33)16-7-9-35(10-8-16)15-24(38)36-13-19-3-4-20(14-36)37(19)23-6-2-18(12-34-23)25(28,29)30/h1-2,5-7,11-12,19-20H,3-4,8-10,13-15H2. The number of carbonyl (C=O) groups excluding carboxylic acids is 1. The van der Waals surface area contributed by atoms with Gasteiger partial charge >= 0.3 is 12.4 Å². The Kier molecular flexibility index (Phi) is 7.10. The predicted molar refractivity (Wildman–Crippen MR) is 131 cm³/mol. The molecule has 3 aliphatic rings. The summed E-state index contributed by atoms with van der Waals surface area (Å²) in [5, 5.41) is -0.340. The lowest BCUT2D eigenvalue weighted by Crippen LogP contribution is -2.57. The fourth-order valence-electron chi connectivity index (χ4n) is 5.54. The van der Waals surface area contributed by atoms with Crippen LogP contribution in [-0.2, 0) is 17.1 Å². The number of benzene rings is 1. The highest BCUT2D eigenvalue weighted by atomic mass is 35.5. The van der Waals surface area contributed by atoms with Crippen molar-refractivity contribution in [2.24, 2.45) is 0 Å². The molecule has 2 bridgehead atoms. The average Bonchev–Trinajstić information content (AvgIpc) is 3.12. The Bertz CT molecular complexity index is 1220. The van der Waals surface area contributed by atoms with E-state index in [1.54, 1.807) is 11.0 Å². The average molecular weight is 559 g/mol. The van der Waals surface area contributed by atoms with Crippen LogP contribution in [-0.4, -0.2) is 65.5 Å². The van der Waals surface area contributed by atoms with Crippen LogP contribution in [0.25, 0.3) is 5.57 Å². The molecule has 0 aliphatic carbocycles. The largest absolute Gasteiger partial charge is 0.417 e. The number of nitrogens with zero attached hydrogens (tertiary/aromatic N) is 4. The molecule has 5 rings (SSSR count). The number of pyridine rings is 1. The first-order valence-corrected chi connectivity index (χ1v) is 12.7. The Labute approximate surface area is 220 Å². The number of anilines is 1. The van der Waals surface area contributed by atoms with Gasteiger partial charge in [0.2, 0.25) is 5.91 Å². The summed E-state index contributed by atoms with van der Waals surface area (Å²) in [7, 11) is 0. The Morgan fingerprint density at radius 3 is 2.26 bits per heavy atom. The molecule has 2 fully saturated rings. The number of fused-ring (bicyclic) bond motifs is 2. The predicted octanol–water partition coefficient (Wildman–Crippen LogP) is 5.74. The van der Waals surface area contributed by atoms with Crippen molar-refractivity contribution in [3.63, 3.8) is 0 Å². The van der Waals surface area contributed by atoms with Crippen molar-refractivity contribution in [1.29, 1.82) is 0 Å². The molecule has 2 aromatic rings. The number of rotatable bonds is 4. The van der Waals surface area contributed by atoms with Gasteiger partial charge in [-0.3, -0.25) is 9.69 Å². The number of likely N-dealkylation sites (tertiary alicyclic amines) is 1. The molecule has 0 N–H and O–H groups in total. The van der Waals surface area contributed by atoms with E-state index in [9.17, 15) is 31.1 Å². The number of hydrogen-bond donors (Lipinski definition) is 0. The van der Waals surface area contributed by atoms with Crippen LogP contribution >= 0.6 is 11.6 Å². The molecular formula is C26H25ClF6N4O. The summed E-state index contributed by atoms with van der Waals surface area (Å²) in [4.78, 5) is 22.9. The Balaban J connectivity index is 1.19. The molecule has 1 aromatic heterocycles. The molecular weight excluding hydrogens is 534 g/mol. The van der Waals surface area contributed by atoms with Gasteiger partial charge in [0, 0.05) is 44.5 Å². The number of amides is 1. The highest BCUT2D eigenvalue weighted by Gasteiger charge is 2.42. The summed E-state index contributed by atoms with van der Waals surface area (Å²) in [6, 6.07) is 6.29. The third-order valence-corrected chi connectivity index (χ3v) is 7.80. The fraction of sp³-hybridized carbons (Fsp3) is 0.462. The molecule has 0 saturated carbocycles. The van der Waals surface area contributed by atoms with Gasteiger partial charge in [-0.25, -0.2) is 4.98 Å². The summed E-state index contributed by atoms with van der Waals surface area (Å²) in [5.74, 6) is 0.451. The zero-order valence-electron chi connectivity index (χ0n) is 20.2. The van der Waals surface area contributed by atoms with Crippen LogP contribution in [0.2, 0.25) is 5.02 Å². The molecule has 0 radical (unpaired) electrons. The summed E-state index contributed by atoms with van der Waals surface area (Å²) in [6.45, 7) is 2.10. The highest BCUT2D eigenvalue weighted by Crippen LogP contribution is 2.38. The van der Waals surface area contributed by atoms with Crippen LogP contribution in [0.3, 0.4) is 0 Å². The normalized spacial score (nSPS) is 22.6. The smallest absolute Gasteiger partial charge is 0.347 e. The molecule has 3 aliphatic heterocycles. The van der Waals surface area contributed by atoms with Crippen LogP contribution < -0.4 is 4.90 Å². The van der Waals surface area contributed by atoms with E-state index in [1.807, 2.05) is 15.9 Å². The van der Waals surface area contributed by atoms with Crippen LogP contribution in [0.1, 0.15) is 36.0 Å². The monoisotopic (exact) mass is 558 g/mol. The summed E-state index contributed by atoms with van der Waals surface area (Å²) >= 11 is 5.73. The Hall–Kier alpha value is -2.79. The number of carbonyl (C=O) groups is 1. The van der Waals surface area contributed by atoms with E-state index in [2.05, 4.69) is 4.98 Å². The molecule has 204 valence electrons. The number of hydrogen-bond acceptors (Lipinski definition) is 4. The summed E-state index contributed by atoms with van der Waals surface area (Å²) in [6.07, 6.45) is -4.13. The van der Waals surface area contributed by atoms with Gasteiger partial charge < -0.3 is 9.80 Å². The van der Waals surface area contributed by atoms with Crippen molar-refractivity contribution in [2.75, 3.05) is 37.6 Å². The first kappa shape index (κ1) is 26.8. The van der Waals surface area contributed by atoms with E-state index in [0.717, 1.165) is 36.7 Å². The maximum absolute atomic E-state index is 13.2. The van der Waals surface area contributed by atoms with E-state index < -0.39 is 23.5 Å². The van der Waals surface area contributed by atoms with E-state index in [1.165, 1.54) is 12.1 Å². The SMILES string of the molecule is O=C(CN1CC=C(c2ccc(Cl)c(C(F)(F)F)c2)CC1)N1CC2CCC(C1)N2c1ccc(C(F)(F)F)cn1. The fourth-order valence-corrected chi connectivity index (χ4v) is 5.76.